The molecule has 1 atom stereocenters. The molecule has 1 saturated heterocycles. The van der Waals surface area contributed by atoms with Gasteiger partial charge < -0.3 is 24.6 Å². The van der Waals surface area contributed by atoms with Gasteiger partial charge in [-0.3, -0.25) is 19.7 Å². The Morgan fingerprint density at radius 1 is 1.13 bits per heavy atom. The first-order chi connectivity index (χ1) is 14.8. The number of amides is 1. The summed E-state index contributed by atoms with van der Waals surface area (Å²) in [7, 11) is 2.88. The van der Waals surface area contributed by atoms with Crippen molar-refractivity contribution in [2.45, 2.75) is 6.04 Å². The van der Waals surface area contributed by atoms with Crippen LogP contribution in [-0.4, -0.2) is 59.1 Å². The SMILES string of the molecule is COc1ccc(C2/C(=C(/O)c3ccc([N+](=O)[O-])cc3)C(=O)C(=O)N2CCO)c(OC)c1. The van der Waals surface area contributed by atoms with Crippen LogP contribution in [0.2, 0.25) is 0 Å². The predicted octanol–water partition coefficient (Wildman–Crippen LogP) is 2.03. The molecule has 0 spiro atoms. The number of β-amino-alcohol motifs (C(OH)–C–C–N with tert-alkyl or cyclic N) is 1. The summed E-state index contributed by atoms with van der Waals surface area (Å²) in [5, 5.41) is 31.2. The van der Waals surface area contributed by atoms with E-state index < -0.39 is 35.0 Å². The third-order valence-electron chi connectivity index (χ3n) is 4.97. The number of nitrogens with zero attached hydrogens (tertiary/aromatic N) is 2. The number of carbonyl (C=O) groups is 2. The minimum Gasteiger partial charge on any atom is -0.507 e. The van der Waals surface area contributed by atoms with Crippen LogP contribution in [0.4, 0.5) is 5.69 Å². The van der Waals surface area contributed by atoms with E-state index in [1.165, 1.54) is 38.5 Å². The van der Waals surface area contributed by atoms with Crippen LogP contribution in [-0.2, 0) is 9.59 Å². The summed E-state index contributed by atoms with van der Waals surface area (Å²) in [6.45, 7) is -0.555. The van der Waals surface area contributed by atoms with Crippen LogP contribution in [0.15, 0.2) is 48.0 Å². The van der Waals surface area contributed by atoms with Crippen LogP contribution in [0.1, 0.15) is 17.2 Å². The lowest BCUT2D eigenvalue weighted by molar-refractivity contribution is -0.384. The monoisotopic (exact) mass is 428 g/mol. The quantitative estimate of drug-likeness (QED) is 0.224. The number of aliphatic hydroxyl groups is 2. The predicted molar refractivity (Wildman–Crippen MR) is 109 cm³/mol. The highest BCUT2D eigenvalue weighted by Crippen LogP contribution is 2.43. The number of methoxy groups -OCH3 is 2. The van der Waals surface area contributed by atoms with Gasteiger partial charge in [-0.2, -0.15) is 0 Å². The van der Waals surface area contributed by atoms with Crippen molar-refractivity contribution in [3.05, 3.63) is 69.3 Å². The molecule has 10 nitrogen and oxygen atoms in total. The van der Waals surface area contributed by atoms with Crippen molar-refractivity contribution in [1.82, 2.24) is 4.90 Å². The molecule has 1 fully saturated rings. The molecule has 1 aliphatic heterocycles. The first-order valence-corrected chi connectivity index (χ1v) is 9.20. The smallest absolute Gasteiger partial charge is 0.295 e. The van der Waals surface area contributed by atoms with E-state index in [0.717, 1.165) is 4.90 Å². The molecule has 0 bridgehead atoms. The molecule has 162 valence electrons. The van der Waals surface area contributed by atoms with Gasteiger partial charge >= 0.3 is 0 Å². The highest BCUT2D eigenvalue weighted by Gasteiger charge is 2.46. The number of ether oxygens (including phenoxy) is 2. The number of nitro benzene ring substituents is 1. The van der Waals surface area contributed by atoms with Crippen LogP contribution in [0.5, 0.6) is 11.5 Å². The summed E-state index contributed by atoms with van der Waals surface area (Å²) in [6, 6.07) is 8.68. The second kappa shape index (κ2) is 8.84. The van der Waals surface area contributed by atoms with Crippen LogP contribution in [0, 0.1) is 10.1 Å². The molecule has 0 radical (unpaired) electrons. The Kier molecular flexibility index (Phi) is 6.21. The van der Waals surface area contributed by atoms with Crippen LogP contribution in [0.3, 0.4) is 0 Å². The van der Waals surface area contributed by atoms with Crippen molar-refractivity contribution in [1.29, 1.82) is 0 Å². The van der Waals surface area contributed by atoms with E-state index >= 15 is 0 Å². The van der Waals surface area contributed by atoms with Gasteiger partial charge in [0.05, 0.1) is 37.4 Å². The maximum absolute atomic E-state index is 12.8. The molecule has 1 unspecified atom stereocenters. The molecule has 1 amide bonds. The molecule has 10 heteroatoms. The van der Waals surface area contributed by atoms with Gasteiger partial charge in [-0.1, -0.05) is 0 Å². The lowest BCUT2D eigenvalue weighted by Gasteiger charge is -2.26. The van der Waals surface area contributed by atoms with Crippen molar-refractivity contribution < 1.29 is 34.2 Å². The first kappa shape index (κ1) is 21.8. The number of likely N-dealkylation sites (tertiary alicyclic amines) is 1. The third kappa shape index (κ3) is 3.92. The molecular formula is C21H20N2O8. The number of carbonyl (C=O) groups excluding carboxylic acids is 2. The molecule has 0 aliphatic carbocycles. The van der Waals surface area contributed by atoms with Gasteiger partial charge in [0.15, 0.2) is 0 Å². The summed E-state index contributed by atoms with van der Waals surface area (Å²) in [5.41, 5.74) is 0.130. The first-order valence-electron chi connectivity index (χ1n) is 9.20. The molecule has 0 aromatic heterocycles. The van der Waals surface area contributed by atoms with E-state index in [1.54, 1.807) is 18.2 Å². The Morgan fingerprint density at radius 2 is 1.81 bits per heavy atom. The van der Waals surface area contributed by atoms with Gasteiger partial charge in [-0.15, -0.1) is 0 Å². The van der Waals surface area contributed by atoms with Gasteiger partial charge in [-0.25, -0.2) is 0 Å². The fourth-order valence-corrected chi connectivity index (χ4v) is 3.48. The number of nitro groups is 1. The molecule has 3 rings (SSSR count). The molecule has 2 aromatic rings. The number of rotatable bonds is 7. The Bertz CT molecular complexity index is 1060. The van der Waals surface area contributed by atoms with E-state index in [2.05, 4.69) is 0 Å². The Morgan fingerprint density at radius 3 is 2.35 bits per heavy atom. The van der Waals surface area contributed by atoms with Crippen molar-refractivity contribution in [2.75, 3.05) is 27.4 Å². The number of non-ortho nitro benzene ring substituents is 1. The molecule has 2 aromatic carbocycles. The van der Waals surface area contributed by atoms with E-state index in [0.29, 0.717) is 17.1 Å². The average Bonchev–Trinajstić information content (AvgIpc) is 3.03. The van der Waals surface area contributed by atoms with E-state index in [-0.39, 0.29) is 23.4 Å². The number of ketones is 1. The number of hydrogen-bond acceptors (Lipinski definition) is 8. The minimum atomic E-state index is -1.04. The summed E-state index contributed by atoms with van der Waals surface area (Å²) < 4.78 is 10.6. The molecular weight excluding hydrogens is 408 g/mol. The van der Waals surface area contributed by atoms with Crippen LogP contribution < -0.4 is 9.47 Å². The number of Topliss-reactive ketones (excluding diaryl/α,β-unsaturated/α-hetero) is 1. The van der Waals surface area contributed by atoms with Crippen molar-refractivity contribution in [2.24, 2.45) is 0 Å². The fourth-order valence-electron chi connectivity index (χ4n) is 3.48. The summed E-state index contributed by atoms with van der Waals surface area (Å²) >= 11 is 0. The standard InChI is InChI=1S/C21H20N2O8/c1-30-14-7-8-15(16(11-14)31-2)18-17(20(26)21(27)22(18)9-10-24)19(25)12-3-5-13(6-4-12)23(28)29/h3-8,11,18,24-25H,9-10H2,1-2H3/b19-17-. The van der Waals surface area contributed by atoms with Gasteiger partial charge in [0.2, 0.25) is 0 Å². The molecule has 1 heterocycles. The summed E-state index contributed by atoms with van der Waals surface area (Å²) in [6.07, 6.45) is 0. The number of hydrogen-bond donors (Lipinski definition) is 2. The lowest BCUT2D eigenvalue weighted by Crippen LogP contribution is -2.32. The topological polar surface area (TPSA) is 139 Å². The second-order valence-corrected chi connectivity index (χ2v) is 6.63. The number of benzene rings is 2. The maximum Gasteiger partial charge on any atom is 0.295 e. The van der Waals surface area contributed by atoms with Crippen LogP contribution in [0.25, 0.3) is 5.76 Å². The molecule has 31 heavy (non-hydrogen) atoms. The van der Waals surface area contributed by atoms with Gasteiger partial charge in [-0.05, 0) is 24.3 Å². The second-order valence-electron chi connectivity index (χ2n) is 6.63. The van der Waals surface area contributed by atoms with Crippen molar-refractivity contribution >= 4 is 23.1 Å². The Hall–Kier alpha value is -3.92. The largest absolute Gasteiger partial charge is 0.507 e. The van der Waals surface area contributed by atoms with Gasteiger partial charge in [0.1, 0.15) is 17.3 Å². The molecule has 0 saturated carbocycles. The Labute approximate surface area is 177 Å². The molecule has 2 N–H and O–H groups in total. The van der Waals surface area contributed by atoms with Gasteiger partial charge in [0, 0.05) is 35.9 Å². The zero-order valence-corrected chi connectivity index (χ0v) is 16.8. The molecule has 1 aliphatic rings. The van der Waals surface area contributed by atoms with E-state index in [1.807, 2.05) is 0 Å². The summed E-state index contributed by atoms with van der Waals surface area (Å²) in [4.78, 5) is 36.9. The lowest BCUT2D eigenvalue weighted by atomic mass is 9.94. The van der Waals surface area contributed by atoms with E-state index in [4.69, 9.17) is 9.47 Å². The maximum atomic E-state index is 12.8. The highest BCUT2D eigenvalue weighted by atomic mass is 16.6. The van der Waals surface area contributed by atoms with Crippen molar-refractivity contribution in [3.8, 4) is 11.5 Å². The van der Waals surface area contributed by atoms with Crippen LogP contribution >= 0.6 is 0 Å². The average molecular weight is 428 g/mol. The minimum absolute atomic E-state index is 0.130. The fraction of sp³-hybridized carbons (Fsp3) is 0.238. The third-order valence-corrected chi connectivity index (χ3v) is 4.97. The highest BCUT2D eigenvalue weighted by molar-refractivity contribution is 6.46. The normalized spacial score (nSPS) is 17.6. The zero-order chi connectivity index (χ0) is 22.7. The number of aliphatic hydroxyl groups excluding tert-OH is 2. The van der Waals surface area contributed by atoms with E-state index in [9.17, 15) is 29.9 Å². The summed E-state index contributed by atoms with van der Waals surface area (Å²) in [5.74, 6) is -1.53. The van der Waals surface area contributed by atoms with Crippen molar-refractivity contribution in [3.63, 3.8) is 0 Å². The zero-order valence-electron chi connectivity index (χ0n) is 16.8. The Balaban J connectivity index is 2.21. The van der Waals surface area contributed by atoms with Gasteiger partial charge in [0.25, 0.3) is 17.4 Å².